The van der Waals surface area contributed by atoms with E-state index in [4.69, 9.17) is 4.74 Å². The van der Waals surface area contributed by atoms with Gasteiger partial charge in [-0.3, -0.25) is 0 Å². The predicted octanol–water partition coefficient (Wildman–Crippen LogP) is 5.73. The van der Waals surface area contributed by atoms with Crippen LogP contribution in [0.4, 0.5) is 0 Å². The molecule has 2 unspecified atom stereocenters. The summed E-state index contributed by atoms with van der Waals surface area (Å²) in [6.45, 7) is 16.2. The molecule has 2 atom stereocenters. The van der Waals surface area contributed by atoms with Gasteiger partial charge >= 0.3 is 0 Å². The molecule has 0 amide bonds. The quantitative estimate of drug-likeness (QED) is 0.443. The summed E-state index contributed by atoms with van der Waals surface area (Å²) in [4.78, 5) is 0. The van der Waals surface area contributed by atoms with Crippen molar-refractivity contribution in [3.8, 4) is 0 Å². The summed E-state index contributed by atoms with van der Waals surface area (Å²) in [6, 6.07) is 0. The first-order valence-corrected chi connectivity index (χ1v) is 7.46. The highest BCUT2D eigenvalue weighted by Crippen LogP contribution is 2.29. The molecule has 110 valence electrons. The monoisotopic (exact) mass is 272 g/mol. The summed E-state index contributed by atoms with van der Waals surface area (Å²) in [5.74, 6) is 1.72. The zero-order valence-corrected chi connectivity index (χ0v) is 13.4. The molecular weight excluding hydrogens is 244 g/mol. The van der Waals surface area contributed by atoms with Gasteiger partial charge < -0.3 is 4.74 Å². The molecule has 1 aliphatic rings. The molecule has 0 aliphatic heterocycles. The van der Waals surface area contributed by atoms with E-state index in [0.29, 0.717) is 6.10 Å². The maximum absolute atomic E-state index is 6.11. The van der Waals surface area contributed by atoms with E-state index >= 15 is 0 Å². The lowest BCUT2D eigenvalue weighted by Crippen LogP contribution is -2.07. The first-order valence-electron chi connectivity index (χ1n) is 7.46. The fraction of sp³-hybridized carbons (Fsp3) is 0.474. The van der Waals surface area contributed by atoms with Gasteiger partial charge in [0.05, 0.1) is 6.10 Å². The Labute approximate surface area is 124 Å². The molecule has 0 radical (unpaired) electrons. The number of hydrogen-bond acceptors (Lipinski definition) is 1. The van der Waals surface area contributed by atoms with Crippen molar-refractivity contribution in [2.45, 2.75) is 53.1 Å². The van der Waals surface area contributed by atoms with Crippen LogP contribution in [0.1, 0.15) is 47.0 Å². The highest BCUT2D eigenvalue weighted by Gasteiger charge is 2.22. The third-order valence-electron chi connectivity index (χ3n) is 3.57. The number of rotatable bonds is 6. The van der Waals surface area contributed by atoms with Crippen molar-refractivity contribution in [1.29, 1.82) is 0 Å². The van der Waals surface area contributed by atoms with Gasteiger partial charge in [0, 0.05) is 0 Å². The summed E-state index contributed by atoms with van der Waals surface area (Å²) in [7, 11) is 0. The van der Waals surface area contributed by atoms with Gasteiger partial charge in [0.25, 0.3) is 0 Å². The fourth-order valence-corrected chi connectivity index (χ4v) is 2.34. The van der Waals surface area contributed by atoms with Crippen LogP contribution in [0, 0.1) is 5.92 Å². The van der Waals surface area contributed by atoms with Crippen molar-refractivity contribution in [2.75, 3.05) is 0 Å². The Morgan fingerprint density at radius 3 is 2.30 bits per heavy atom. The van der Waals surface area contributed by atoms with E-state index in [1.807, 2.05) is 32.9 Å². The molecule has 0 aromatic rings. The topological polar surface area (TPSA) is 9.23 Å². The summed E-state index contributed by atoms with van der Waals surface area (Å²) >= 11 is 0. The standard InChI is InChI=1S/C19H28O/c1-7-18(20-19-11-9-16(6)12-19)13-17(15(4)5)10-8-14(2)3/h7-8,10,13,16,19H,2,4,9,11-12H2,1,3,5-6H3/b10-8-,17-13-,18-7+. The molecule has 0 N–H and O–H groups in total. The van der Waals surface area contributed by atoms with Gasteiger partial charge in [-0.2, -0.15) is 0 Å². The van der Waals surface area contributed by atoms with Crippen molar-refractivity contribution in [1.82, 2.24) is 0 Å². The minimum Gasteiger partial charge on any atom is -0.491 e. The van der Waals surface area contributed by atoms with Crippen molar-refractivity contribution in [3.05, 3.63) is 59.9 Å². The average Bonchev–Trinajstić information content (AvgIpc) is 2.77. The maximum Gasteiger partial charge on any atom is 0.116 e. The molecule has 1 aliphatic carbocycles. The molecule has 0 bridgehead atoms. The summed E-state index contributed by atoms with van der Waals surface area (Å²) < 4.78 is 6.11. The summed E-state index contributed by atoms with van der Waals surface area (Å²) in [6.07, 6.45) is 12.1. The van der Waals surface area contributed by atoms with E-state index in [2.05, 4.69) is 32.2 Å². The molecular formula is C19H28O. The molecule has 0 heterocycles. The van der Waals surface area contributed by atoms with Gasteiger partial charge in [-0.1, -0.05) is 43.4 Å². The molecule has 1 nitrogen and oxygen atoms in total. The molecule has 20 heavy (non-hydrogen) atoms. The Balaban J connectivity index is 2.78. The van der Waals surface area contributed by atoms with Crippen LogP contribution in [0.5, 0.6) is 0 Å². The molecule has 1 rings (SSSR count). The molecule has 1 fully saturated rings. The molecule has 1 heteroatoms. The van der Waals surface area contributed by atoms with Crippen molar-refractivity contribution in [2.24, 2.45) is 5.92 Å². The van der Waals surface area contributed by atoms with E-state index in [1.165, 1.54) is 6.42 Å². The lowest BCUT2D eigenvalue weighted by molar-refractivity contribution is 0.127. The Kier molecular flexibility index (Phi) is 6.57. The zero-order valence-electron chi connectivity index (χ0n) is 13.4. The van der Waals surface area contributed by atoms with E-state index in [-0.39, 0.29) is 0 Å². The second kappa shape index (κ2) is 7.94. The molecule has 0 spiro atoms. The third kappa shape index (κ3) is 5.64. The van der Waals surface area contributed by atoms with Gasteiger partial charge in [-0.25, -0.2) is 0 Å². The Morgan fingerprint density at radius 1 is 1.15 bits per heavy atom. The minimum atomic E-state index is 0.365. The average molecular weight is 272 g/mol. The maximum atomic E-state index is 6.11. The lowest BCUT2D eigenvalue weighted by Gasteiger charge is -2.15. The number of hydrogen-bond donors (Lipinski definition) is 0. The zero-order chi connectivity index (χ0) is 15.1. The van der Waals surface area contributed by atoms with E-state index < -0.39 is 0 Å². The predicted molar refractivity (Wildman–Crippen MR) is 88.5 cm³/mol. The highest BCUT2D eigenvalue weighted by atomic mass is 16.5. The Morgan fingerprint density at radius 2 is 1.85 bits per heavy atom. The molecule has 1 saturated carbocycles. The second-order valence-electron chi connectivity index (χ2n) is 5.91. The first kappa shape index (κ1) is 16.6. The van der Waals surface area contributed by atoms with Gasteiger partial charge in [-0.05, 0) is 63.7 Å². The number of ether oxygens (including phenoxy) is 1. The van der Waals surface area contributed by atoms with Crippen molar-refractivity contribution >= 4 is 0 Å². The number of allylic oxidation sites excluding steroid dienone is 7. The summed E-state index contributed by atoms with van der Waals surface area (Å²) in [5.41, 5.74) is 3.15. The fourth-order valence-electron chi connectivity index (χ4n) is 2.34. The van der Waals surface area contributed by atoms with Crippen LogP contribution in [0.15, 0.2) is 59.9 Å². The van der Waals surface area contributed by atoms with Crippen LogP contribution in [0.25, 0.3) is 0 Å². The van der Waals surface area contributed by atoms with Gasteiger partial charge in [0.15, 0.2) is 0 Å². The molecule has 0 aromatic heterocycles. The largest absolute Gasteiger partial charge is 0.491 e. The first-order chi connectivity index (χ1) is 9.42. The smallest absolute Gasteiger partial charge is 0.116 e. The van der Waals surface area contributed by atoms with E-state index in [0.717, 1.165) is 41.2 Å². The second-order valence-corrected chi connectivity index (χ2v) is 5.91. The van der Waals surface area contributed by atoms with E-state index in [9.17, 15) is 0 Å². The van der Waals surface area contributed by atoms with Crippen LogP contribution in [-0.4, -0.2) is 6.10 Å². The lowest BCUT2D eigenvalue weighted by atomic mass is 10.1. The molecule has 0 aromatic carbocycles. The van der Waals surface area contributed by atoms with Crippen LogP contribution >= 0.6 is 0 Å². The van der Waals surface area contributed by atoms with Crippen LogP contribution in [-0.2, 0) is 4.74 Å². The van der Waals surface area contributed by atoms with Gasteiger partial charge in [-0.15, -0.1) is 0 Å². The summed E-state index contributed by atoms with van der Waals surface area (Å²) in [5, 5.41) is 0. The minimum absolute atomic E-state index is 0.365. The van der Waals surface area contributed by atoms with Crippen molar-refractivity contribution in [3.63, 3.8) is 0 Å². The van der Waals surface area contributed by atoms with Crippen molar-refractivity contribution < 1.29 is 4.74 Å². The van der Waals surface area contributed by atoms with Crippen LogP contribution in [0.2, 0.25) is 0 Å². The molecule has 0 saturated heterocycles. The van der Waals surface area contributed by atoms with Crippen LogP contribution < -0.4 is 0 Å². The van der Waals surface area contributed by atoms with Gasteiger partial charge in [0.2, 0.25) is 0 Å². The van der Waals surface area contributed by atoms with Gasteiger partial charge in [0.1, 0.15) is 5.76 Å². The van der Waals surface area contributed by atoms with Crippen LogP contribution in [0.3, 0.4) is 0 Å². The normalized spacial score (nSPS) is 24.2. The SMILES string of the molecule is C=C(C)\C=C/C(=C/C(=C\C)OC1CCC(C)C1)C(=C)C. The Bertz CT molecular complexity index is 448. The Hall–Kier alpha value is -1.50. The van der Waals surface area contributed by atoms with E-state index in [1.54, 1.807) is 0 Å². The highest BCUT2D eigenvalue weighted by molar-refractivity contribution is 5.42. The third-order valence-corrected chi connectivity index (χ3v) is 3.57.